The number of fused-ring (bicyclic) bond motifs is 1. The molecule has 116 valence electrons. The third kappa shape index (κ3) is 2.43. The molecule has 3 atom stereocenters. The highest BCUT2D eigenvalue weighted by Gasteiger charge is 2.58. The maximum atomic E-state index is 12.2. The second-order valence-corrected chi connectivity index (χ2v) is 7.54. The van der Waals surface area contributed by atoms with Crippen LogP contribution in [-0.2, 0) is 9.59 Å². The van der Waals surface area contributed by atoms with Gasteiger partial charge < -0.3 is 10.2 Å². The van der Waals surface area contributed by atoms with Gasteiger partial charge >= 0.3 is 5.97 Å². The van der Waals surface area contributed by atoms with Crippen molar-refractivity contribution in [2.75, 3.05) is 0 Å². The summed E-state index contributed by atoms with van der Waals surface area (Å²) in [7, 11) is 0. The third-order valence-corrected chi connectivity index (χ3v) is 6.31. The van der Waals surface area contributed by atoms with Gasteiger partial charge in [-0.3, -0.25) is 9.69 Å². The highest BCUT2D eigenvalue weighted by Crippen LogP contribution is 2.55. The SMILES string of the molecule is CCC(O)C1C(=O)N2C(C(=O)O)=C(Sc3ccccc3)SC12. The average molecular weight is 337 g/mol. The van der Waals surface area contributed by atoms with E-state index < -0.39 is 18.0 Å². The lowest BCUT2D eigenvalue weighted by Gasteiger charge is -2.44. The molecule has 0 spiro atoms. The number of nitrogens with zero attached hydrogens (tertiary/aromatic N) is 1. The largest absolute Gasteiger partial charge is 0.477 e. The number of β-lactam (4-membered cyclic amide) rings is 1. The number of carboxylic acids is 1. The molecule has 2 heterocycles. The van der Waals surface area contributed by atoms with Crippen LogP contribution in [0.1, 0.15) is 13.3 Å². The number of benzene rings is 1. The number of amides is 1. The van der Waals surface area contributed by atoms with Crippen molar-refractivity contribution in [3.8, 4) is 0 Å². The van der Waals surface area contributed by atoms with Gasteiger partial charge in [0, 0.05) is 4.90 Å². The van der Waals surface area contributed by atoms with Crippen LogP contribution in [0.3, 0.4) is 0 Å². The molecule has 2 aliphatic rings. The minimum absolute atomic E-state index is 0.0356. The number of carboxylic acid groups (broad SMARTS) is 1. The average Bonchev–Trinajstić information content (AvgIpc) is 2.83. The van der Waals surface area contributed by atoms with Crippen molar-refractivity contribution in [3.05, 3.63) is 40.3 Å². The zero-order valence-electron chi connectivity index (χ0n) is 11.8. The Labute approximate surface area is 136 Å². The van der Waals surface area contributed by atoms with E-state index in [2.05, 4.69) is 0 Å². The van der Waals surface area contributed by atoms with Gasteiger partial charge in [-0.25, -0.2) is 4.79 Å². The van der Waals surface area contributed by atoms with E-state index in [4.69, 9.17) is 0 Å². The Morgan fingerprint density at radius 1 is 1.41 bits per heavy atom. The molecule has 3 rings (SSSR count). The maximum Gasteiger partial charge on any atom is 0.354 e. The van der Waals surface area contributed by atoms with Gasteiger partial charge in [-0.2, -0.15) is 0 Å². The maximum absolute atomic E-state index is 12.2. The Bertz CT molecular complexity index is 646. The number of hydrogen-bond donors (Lipinski definition) is 2. The lowest BCUT2D eigenvalue weighted by Crippen LogP contribution is -2.61. The molecule has 2 aliphatic heterocycles. The van der Waals surface area contributed by atoms with Crippen molar-refractivity contribution in [1.29, 1.82) is 0 Å². The number of carbonyl (C=O) groups is 2. The van der Waals surface area contributed by atoms with Gasteiger partial charge in [0.15, 0.2) is 5.70 Å². The lowest BCUT2D eigenvalue weighted by molar-refractivity contribution is -0.157. The minimum Gasteiger partial charge on any atom is -0.477 e. The second-order valence-electron chi connectivity index (χ2n) is 5.07. The van der Waals surface area contributed by atoms with Crippen LogP contribution in [0.5, 0.6) is 0 Å². The van der Waals surface area contributed by atoms with E-state index in [0.717, 1.165) is 4.90 Å². The molecule has 1 saturated heterocycles. The van der Waals surface area contributed by atoms with E-state index in [9.17, 15) is 19.8 Å². The molecule has 0 aromatic heterocycles. The standard InChI is InChI=1S/C15H15NO4S2/c1-2-9(17)10-12(18)16-11(14(19)20)15(22-13(10)16)21-8-6-4-3-5-7-8/h3-7,9-10,13,17H,2H2,1H3,(H,19,20). The molecule has 1 aromatic rings. The molecule has 0 radical (unpaired) electrons. The lowest BCUT2D eigenvalue weighted by atomic mass is 9.90. The first kappa shape index (κ1) is 15.5. The van der Waals surface area contributed by atoms with Gasteiger partial charge in [0.1, 0.15) is 5.37 Å². The van der Waals surface area contributed by atoms with Crippen molar-refractivity contribution < 1.29 is 19.8 Å². The summed E-state index contributed by atoms with van der Waals surface area (Å²) in [6, 6.07) is 9.45. The summed E-state index contributed by atoms with van der Waals surface area (Å²) >= 11 is 2.70. The predicted molar refractivity (Wildman–Crippen MR) is 85.0 cm³/mol. The van der Waals surface area contributed by atoms with Crippen LogP contribution >= 0.6 is 23.5 Å². The Kier molecular flexibility index (Phi) is 4.20. The van der Waals surface area contributed by atoms with Gasteiger partial charge in [0.2, 0.25) is 5.91 Å². The molecule has 1 fully saturated rings. The summed E-state index contributed by atoms with van der Waals surface area (Å²) in [5, 5.41) is 19.1. The van der Waals surface area contributed by atoms with Crippen molar-refractivity contribution in [2.24, 2.45) is 5.92 Å². The fraction of sp³-hybridized carbons (Fsp3) is 0.333. The minimum atomic E-state index is -1.11. The molecule has 0 saturated carbocycles. The monoisotopic (exact) mass is 337 g/mol. The van der Waals surface area contributed by atoms with Gasteiger partial charge in [0.05, 0.1) is 16.3 Å². The summed E-state index contributed by atoms with van der Waals surface area (Å²) in [6.45, 7) is 1.81. The highest BCUT2D eigenvalue weighted by molar-refractivity contribution is 8.22. The highest BCUT2D eigenvalue weighted by atomic mass is 32.2. The first-order valence-electron chi connectivity index (χ1n) is 6.92. The molecule has 3 unspecified atom stereocenters. The normalized spacial score (nSPS) is 25.0. The first-order chi connectivity index (χ1) is 10.5. The Morgan fingerprint density at radius 3 is 2.68 bits per heavy atom. The van der Waals surface area contributed by atoms with Gasteiger partial charge in [-0.15, -0.1) is 0 Å². The molecular weight excluding hydrogens is 322 g/mol. The topological polar surface area (TPSA) is 77.8 Å². The predicted octanol–water partition coefficient (Wildman–Crippen LogP) is 2.33. The van der Waals surface area contributed by atoms with Crippen molar-refractivity contribution in [1.82, 2.24) is 4.90 Å². The number of carbonyl (C=O) groups excluding carboxylic acids is 1. The van der Waals surface area contributed by atoms with Crippen LogP contribution in [0.2, 0.25) is 0 Å². The Hall–Kier alpha value is -1.44. The van der Waals surface area contributed by atoms with E-state index in [-0.39, 0.29) is 17.0 Å². The van der Waals surface area contributed by atoms with Crippen molar-refractivity contribution in [2.45, 2.75) is 29.7 Å². The number of aliphatic hydroxyl groups is 1. The number of aliphatic hydroxyl groups excluding tert-OH is 1. The molecule has 1 aromatic carbocycles. The number of aliphatic carboxylic acids is 1. The molecule has 0 aliphatic carbocycles. The molecule has 5 nitrogen and oxygen atoms in total. The van der Waals surface area contributed by atoms with Crippen molar-refractivity contribution in [3.63, 3.8) is 0 Å². The molecule has 22 heavy (non-hydrogen) atoms. The summed E-state index contributed by atoms with van der Waals surface area (Å²) in [5.41, 5.74) is 0.0356. The molecule has 2 N–H and O–H groups in total. The smallest absolute Gasteiger partial charge is 0.354 e. The quantitative estimate of drug-likeness (QED) is 0.803. The van der Waals surface area contributed by atoms with Crippen LogP contribution < -0.4 is 0 Å². The van der Waals surface area contributed by atoms with E-state index in [1.807, 2.05) is 37.3 Å². The summed E-state index contributed by atoms with van der Waals surface area (Å²) in [4.78, 5) is 26.0. The van der Waals surface area contributed by atoms with Crippen LogP contribution in [0.15, 0.2) is 45.2 Å². The van der Waals surface area contributed by atoms with E-state index >= 15 is 0 Å². The summed E-state index contributed by atoms with van der Waals surface area (Å²) in [5.74, 6) is -1.92. The Balaban J connectivity index is 1.87. The number of hydrogen-bond acceptors (Lipinski definition) is 5. The molecule has 1 amide bonds. The van der Waals surface area contributed by atoms with Crippen LogP contribution in [0, 0.1) is 5.92 Å². The first-order valence-corrected chi connectivity index (χ1v) is 8.62. The van der Waals surface area contributed by atoms with E-state index in [1.165, 1.54) is 28.4 Å². The van der Waals surface area contributed by atoms with Crippen molar-refractivity contribution >= 4 is 35.4 Å². The summed E-state index contributed by atoms with van der Waals surface area (Å²) in [6.07, 6.45) is -0.248. The van der Waals surface area contributed by atoms with E-state index in [1.54, 1.807) is 0 Å². The fourth-order valence-corrected chi connectivity index (χ4v) is 5.42. The van der Waals surface area contributed by atoms with Gasteiger partial charge in [-0.1, -0.05) is 48.6 Å². The molecule has 0 bridgehead atoms. The van der Waals surface area contributed by atoms with Crippen LogP contribution in [0.25, 0.3) is 0 Å². The zero-order chi connectivity index (χ0) is 15.9. The molecular formula is C15H15NO4S2. The Morgan fingerprint density at radius 2 is 2.09 bits per heavy atom. The zero-order valence-corrected chi connectivity index (χ0v) is 13.4. The fourth-order valence-electron chi connectivity index (χ4n) is 2.58. The van der Waals surface area contributed by atoms with Gasteiger partial charge in [-0.05, 0) is 18.6 Å². The third-order valence-electron chi connectivity index (χ3n) is 3.74. The number of rotatable bonds is 5. The molecule has 7 heteroatoms. The summed E-state index contributed by atoms with van der Waals surface area (Å²) < 4.78 is 0.600. The van der Waals surface area contributed by atoms with Crippen LogP contribution in [0.4, 0.5) is 0 Å². The number of thioether (sulfide) groups is 2. The van der Waals surface area contributed by atoms with Gasteiger partial charge in [0.25, 0.3) is 0 Å². The van der Waals surface area contributed by atoms with Crippen LogP contribution in [-0.4, -0.2) is 38.5 Å². The second kappa shape index (κ2) is 5.98. The van der Waals surface area contributed by atoms with E-state index in [0.29, 0.717) is 10.7 Å².